The lowest BCUT2D eigenvalue weighted by Gasteiger charge is -2.37. The van der Waals surface area contributed by atoms with E-state index in [4.69, 9.17) is 4.74 Å². The average Bonchev–Trinajstić information content (AvgIpc) is 3.05. The molecule has 3 fully saturated rings. The number of likely N-dealkylation sites (tertiary alicyclic amines) is 1. The van der Waals surface area contributed by atoms with E-state index in [-0.39, 0.29) is 17.2 Å². The van der Waals surface area contributed by atoms with Crippen molar-refractivity contribution in [2.45, 2.75) is 37.6 Å². The number of thiophene rings is 1. The Morgan fingerprint density at radius 3 is 2.88 bits per heavy atom. The maximum Gasteiger partial charge on any atom is 0.263 e. The lowest BCUT2D eigenvalue weighted by atomic mass is 9.71. The van der Waals surface area contributed by atoms with Gasteiger partial charge in [-0.25, -0.2) is 0 Å². The lowest BCUT2D eigenvalue weighted by Crippen LogP contribution is -2.37. The van der Waals surface area contributed by atoms with Crippen molar-refractivity contribution in [2.75, 3.05) is 26.3 Å². The Balaban J connectivity index is 1.49. The van der Waals surface area contributed by atoms with Gasteiger partial charge >= 0.3 is 0 Å². The van der Waals surface area contributed by atoms with Crippen molar-refractivity contribution in [1.82, 2.24) is 19.7 Å². The summed E-state index contributed by atoms with van der Waals surface area (Å²) in [5, 5.41) is 10.7. The van der Waals surface area contributed by atoms with Crippen molar-refractivity contribution in [3.05, 3.63) is 34.5 Å². The monoisotopic (exact) mass is 358 g/mol. The highest BCUT2D eigenvalue weighted by molar-refractivity contribution is 7.12. The van der Waals surface area contributed by atoms with Gasteiger partial charge in [0.05, 0.1) is 4.88 Å². The molecule has 25 heavy (non-hydrogen) atoms. The molecule has 2 aromatic heterocycles. The predicted molar refractivity (Wildman–Crippen MR) is 93.7 cm³/mol. The molecule has 1 spiro atoms. The fourth-order valence-corrected chi connectivity index (χ4v) is 5.15. The van der Waals surface area contributed by atoms with E-state index in [1.54, 1.807) is 0 Å². The number of nitrogens with zero attached hydrogens (tertiary/aromatic N) is 4. The van der Waals surface area contributed by atoms with Gasteiger partial charge in [-0.15, -0.1) is 21.5 Å². The average molecular weight is 358 g/mol. The van der Waals surface area contributed by atoms with Crippen LogP contribution >= 0.6 is 11.3 Å². The zero-order valence-corrected chi connectivity index (χ0v) is 15.0. The van der Waals surface area contributed by atoms with Crippen molar-refractivity contribution in [3.8, 4) is 0 Å². The third-order valence-corrected chi connectivity index (χ3v) is 6.87. The van der Waals surface area contributed by atoms with Crippen LogP contribution in [0.5, 0.6) is 0 Å². The van der Waals surface area contributed by atoms with E-state index >= 15 is 0 Å². The van der Waals surface area contributed by atoms with Gasteiger partial charge in [0.15, 0.2) is 0 Å². The van der Waals surface area contributed by atoms with Crippen molar-refractivity contribution >= 4 is 17.2 Å². The van der Waals surface area contributed by atoms with Gasteiger partial charge in [0.2, 0.25) is 0 Å². The minimum Gasteiger partial charge on any atom is -0.381 e. The van der Waals surface area contributed by atoms with Crippen LogP contribution in [0.4, 0.5) is 0 Å². The number of carbonyl (C=O) groups is 1. The van der Waals surface area contributed by atoms with Crippen molar-refractivity contribution in [3.63, 3.8) is 0 Å². The Labute approximate surface area is 150 Å². The van der Waals surface area contributed by atoms with Crippen molar-refractivity contribution < 1.29 is 9.53 Å². The summed E-state index contributed by atoms with van der Waals surface area (Å²) in [7, 11) is 0. The quantitative estimate of drug-likeness (QED) is 0.846. The molecule has 1 atom stereocenters. The number of ether oxygens (including phenoxy) is 1. The highest BCUT2D eigenvalue weighted by Crippen LogP contribution is 2.50. The first-order chi connectivity index (χ1) is 12.3. The van der Waals surface area contributed by atoms with Gasteiger partial charge in [-0.3, -0.25) is 4.79 Å². The predicted octanol–water partition coefficient (Wildman–Crippen LogP) is 2.71. The Hall–Kier alpha value is -1.73. The standard InChI is InChI=1S/C18H22N4O2S/c23-17(15-2-1-9-25-15)21-10-14(18(11-21)5-7-24-8-6-18)16-20-19-12-22(16)13-3-4-13/h1-2,9,12-14H,3-8,10-11H2. The van der Waals surface area contributed by atoms with Crippen LogP contribution in [0.15, 0.2) is 23.8 Å². The van der Waals surface area contributed by atoms with Gasteiger partial charge in [-0.05, 0) is 37.1 Å². The normalized spacial score (nSPS) is 25.6. The van der Waals surface area contributed by atoms with Crippen LogP contribution in [0.1, 0.15) is 53.1 Å². The molecule has 1 aliphatic carbocycles. The molecule has 5 rings (SSSR count). The first-order valence-corrected chi connectivity index (χ1v) is 9.95. The molecule has 1 saturated carbocycles. The van der Waals surface area contributed by atoms with Crippen molar-refractivity contribution in [2.24, 2.45) is 5.41 Å². The van der Waals surface area contributed by atoms with Gasteiger partial charge < -0.3 is 14.2 Å². The molecule has 2 aliphatic heterocycles. The molecule has 7 heteroatoms. The van der Waals surface area contributed by atoms with E-state index < -0.39 is 0 Å². The summed E-state index contributed by atoms with van der Waals surface area (Å²) in [6.07, 6.45) is 6.29. The summed E-state index contributed by atoms with van der Waals surface area (Å²) in [5.41, 5.74) is 0.0742. The Bertz CT molecular complexity index is 762. The second-order valence-electron chi connectivity index (χ2n) is 7.52. The number of rotatable bonds is 3. The van der Waals surface area contributed by atoms with Crippen molar-refractivity contribution in [1.29, 1.82) is 0 Å². The second-order valence-corrected chi connectivity index (χ2v) is 8.47. The van der Waals surface area contributed by atoms with E-state index in [1.807, 2.05) is 28.7 Å². The van der Waals surface area contributed by atoms with E-state index in [9.17, 15) is 4.79 Å². The van der Waals surface area contributed by atoms with E-state index in [0.717, 1.165) is 49.8 Å². The molecule has 1 unspecified atom stereocenters. The number of aromatic nitrogens is 3. The maximum atomic E-state index is 12.9. The summed E-state index contributed by atoms with van der Waals surface area (Å²) in [5.74, 6) is 1.48. The van der Waals surface area contributed by atoms with Gasteiger partial charge in [0, 0.05) is 43.7 Å². The summed E-state index contributed by atoms with van der Waals surface area (Å²) in [6, 6.07) is 4.42. The zero-order chi connectivity index (χ0) is 16.9. The lowest BCUT2D eigenvalue weighted by molar-refractivity contribution is 0.0107. The minimum atomic E-state index is 0.0742. The SMILES string of the molecule is O=C(c1cccs1)N1CC(c2nncn2C2CC2)C2(CCOCC2)C1. The molecule has 0 radical (unpaired) electrons. The summed E-state index contributed by atoms with van der Waals surface area (Å²) < 4.78 is 7.90. The first kappa shape index (κ1) is 15.5. The number of carbonyl (C=O) groups excluding carboxylic acids is 1. The van der Waals surface area contributed by atoms with Crippen LogP contribution in [-0.2, 0) is 4.74 Å². The fraction of sp³-hybridized carbons (Fsp3) is 0.611. The van der Waals surface area contributed by atoms with Crippen LogP contribution < -0.4 is 0 Å². The molecular weight excluding hydrogens is 336 g/mol. The topological polar surface area (TPSA) is 60.2 Å². The fourth-order valence-electron chi connectivity index (χ4n) is 4.45. The molecule has 0 N–H and O–H groups in total. The Kier molecular flexibility index (Phi) is 3.67. The van der Waals surface area contributed by atoms with Crippen LogP contribution in [0.2, 0.25) is 0 Å². The number of amides is 1. The summed E-state index contributed by atoms with van der Waals surface area (Å²) in [6.45, 7) is 3.08. The van der Waals surface area contributed by atoms with Crippen LogP contribution in [0.25, 0.3) is 0 Å². The smallest absolute Gasteiger partial charge is 0.263 e. The molecule has 0 aromatic carbocycles. The summed E-state index contributed by atoms with van der Waals surface area (Å²) in [4.78, 5) is 15.8. The Morgan fingerprint density at radius 2 is 2.16 bits per heavy atom. The van der Waals surface area contributed by atoms with E-state index in [0.29, 0.717) is 6.04 Å². The largest absolute Gasteiger partial charge is 0.381 e. The maximum absolute atomic E-state index is 12.9. The molecule has 1 amide bonds. The van der Waals surface area contributed by atoms with Crippen LogP contribution in [-0.4, -0.2) is 51.9 Å². The molecule has 2 saturated heterocycles. The molecule has 4 heterocycles. The third-order valence-electron chi connectivity index (χ3n) is 6.01. The van der Waals surface area contributed by atoms with Gasteiger partial charge in [-0.2, -0.15) is 0 Å². The van der Waals surface area contributed by atoms with Crippen LogP contribution in [0, 0.1) is 5.41 Å². The summed E-state index contributed by atoms with van der Waals surface area (Å²) >= 11 is 1.52. The molecule has 0 bridgehead atoms. The Morgan fingerprint density at radius 1 is 1.32 bits per heavy atom. The van der Waals surface area contributed by atoms with E-state index in [1.165, 1.54) is 24.2 Å². The molecular formula is C18H22N4O2S. The molecule has 3 aliphatic rings. The second kappa shape index (κ2) is 5.92. The van der Waals surface area contributed by atoms with Gasteiger partial charge in [0.25, 0.3) is 5.91 Å². The highest BCUT2D eigenvalue weighted by atomic mass is 32.1. The number of hydrogen-bond donors (Lipinski definition) is 0. The van der Waals surface area contributed by atoms with E-state index in [2.05, 4.69) is 14.8 Å². The van der Waals surface area contributed by atoms with Gasteiger partial charge in [0.1, 0.15) is 12.2 Å². The molecule has 6 nitrogen and oxygen atoms in total. The molecule has 2 aromatic rings. The molecule has 132 valence electrons. The third kappa shape index (κ3) is 2.60. The van der Waals surface area contributed by atoms with Crippen LogP contribution in [0.3, 0.4) is 0 Å². The zero-order valence-electron chi connectivity index (χ0n) is 14.1. The highest BCUT2D eigenvalue weighted by Gasteiger charge is 2.51. The minimum absolute atomic E-state index is 0.0742. The first-order valence-electron chi connectivity index (χ1n) is 9.07. The number of hydrogen-bond acceptors (Lipinski definition) is 5. The van der Waals surface area contributed by atoms with Gasteiger partial charge in [-0.1, -0.05) is 6.07 Å².